The Bertz CT molecular complexity index is 1480. The lowest BCUT2D eigenvalue weighted by atomic mass is 10.0. The van der Waals surface area contributed by atoms with Crippen LogP contribution in [0.1, 0.15) is 41.7 Å². The largest absolute Gasteiger partial charge is 0.325 e. The van der Waals surface area contributed by atoms with E-state index in [0.29, 0.717) is 22.9 Å². The van der Waals surface area contributed by atoms with E-state index >= 15 is 0 Å². The third-order valence-corrected chi connectivity index (χ3v) is 6.35. The molecule has 2 amide bonds. The van der Waals surface area contributed by atoms with Crippen molar-refractivity contribution < 1.29 is 9.59 Å². The molecular formula is C27H22ClN5O2. The first-order valence-corrected chi connectivity index (χ1v) is 11.6. The molecule has 4 aromatic rings. The zero-order chi connectivity index (χ0) is 24.4. The van der Waals surface area contributed by atoms with Gasteiger partial charge in [-0.1, -0.05) is 29.7 Å². The monoisotopic (exact) mass is 483 g/mol. The summed E-state index contributed by atoms with van der Waals surface area (Å²) in [4.78, 5) is 35.5. The van der Waals surface area contributed by atoms with Crippen molar-refractivity contribution in [1.29, 1.82) is 0 Å². The highest BCUT2D eigenvalue weighted by Crippen LogP contribution is 2.38. The van der Waals surface area contributed by atoms with Crippen molar-refractivity contribution in [2.24, 2.45) is 0 Å². The van der Waals surface area contributed by atoms with Gasteiger partial charge in [-0.25, -0.2) is 9.97 Å². The average molecular weight is 484 g/mol. The van der Waals surface area contributed by atoms with Crippen LogP contribution >= 0.6 is 11.6 Å². The normalized spacial score (nSPS) is 15.0. The molecule has 3 aromatic heterocycles. The number of anilines is 1. The highest BCUT2D eigenvalue weighted by atomic mass is 35.5. The van der Waals surface area contributed by atoms with Crippen LogP contribution in [0.15, 0.2) is 67.3 Å². The number of carbonyl (C=O) groups excluding carboxylic acids is 2. The Hall–Kier alpha value is -4.15. The van der Waals surface area contributed by atoms with E-state index < -0.39 is 0 Å². The lowest BCUT2D eigenvalue weighted by Gasteiger charge is -2.22. The molecule has 7 nitrogen and oxygen atoms in total. The van der Waals surface area contributed by atoms with Crippen molar-refractivity contribution in [1.82, 2.24) is 19.3 Å². The van der Waals surface area contributed by atoms with E-state index in [9.17, 15) is 9.59 Å². The van der Waals surface area contributed by atoms with Crippen LogP contribution < -0.4 is 5.32 Å². The molecule has 0 saturated carbocycles. The van der Waals surface area contributed by atoms with Gasteiger partial charge in [0.2, 0.25) is 0 Å². The van der Waals surface area contributed by atoms with E-state index in [0.717, 1.165) is 35.2 Å². The molecule has 0 aliphatic carbocycles. The number of aromatic nitrogens is 3. The molecule has 8 heteroatoms. The first kappa shape index (κ1) is 22.6. The van der Waals surface area contributed by atoms with Crippen LogP contribution in [0, 0.1) is 11.8 Å². The second-order valence-corrected chi connectivity index (χ2v) is 8.68. The Balaban J connectivity index is 1.46. The Morgan fingerprint density at radius 3 is 2.71 bits per heavy atom. The van der Waals surface area contributed by atoms with Crippen LogP contribution in [0.2, 0.25) is 5.02 Å². The number of likely N-dealkylation sites (tertiary alicyclic amines) is 1. The van der Waals surface area contributed by atoms with E-state index in [4.69, 9.17) is 11.6 Å². The third kappa shape index (κ3) is 4.48. The molecule has 1 N–H and O–H groups in total. The van der Waals surface area contributed by atoms with Crippen LogP contribution in [-0.4, -0.2) is 37.6 Å². The standard InChI is InChI=1S/C27H22ClN5O2/c1-2-4-26(34)32-14-3-5-22(32)21-16-24(33-17-29-12-11-23(21)33)18-6-8-19(9-7-18)27(35)31-25-15-20(28)10-13-30-25/h6-13,15-17,22H,3,5,14H2,1H3,(H,30,31,35). The van der Waals surface area contributed by atoms with Gasteiger partial charge in [-0.2, -0.15) is 0 Å². The lowest BCUT2D eigenvalue weighted by molar-refractivity contribution is -0.125. The van der Waals surface area contributed by atoms with Gasteiger partial charge < -0.3 is 14.6 Å². The molecule has 1 saturated heterocycles. The topological polar surface area (TPSA) is 79.6 Å². The van der Waals surface area contributed by atoms with Crippen LogP contribution in [0.25, 0.3) is 16.8 Å². The fraction of sp³-hybridized carbons (Fsp3) is 0.185. The second-order valence-electron chi connectivity index (χ2n) is 8.24. The number of hydrogen-bond acceptors (Lipinski definition) is 4. The molecule has 0 bridgehead atoms. The maximum atomic E-state index is 12.7. The summed E-state index contributed by atoms with van der Waals surface area (Å²) in [6, 6.07) is 14.6. The van der Waals surface area contributed by atoms with E-state index in [1.165, 1.54) is 6.20 Å². The SMILES string of the molecule is CC#CC(=O)N1CCCC1c1cc(-c2ccc(C(=O)Nc3cc(Cl)ccn3)cc2)n2cnccc12. The number of carbonyl (C=O) groups is 2. The molecule has 35 heavy (non-hydrogen) atoms. The Labute approximate surface area is 207 Å². The smallest absolute Gasteiger partial charge is 0.298 e. The zero-order valence-electron chi connectivity index (χ0n) is 19.0. The summed E-state index contributed by atoms with van der Waals surface area (Å²) < 4.78 is 2.02. The summed E-state index contributed by atoms with van der Waals surface area (Å²) in [7, 11) is 0. The van der Waals surface area contributed by atoms with Crippen LogP contribution in [-0.2, 0) is 4.79 Å². The summed E-state index contributed by atoms with van der Waals surface area (Å²) >= 11 is 5.97. The fourth-order valence-corrected chi connectivity index (χ4v) is 4.69. The highest BCUT2D eigenvalue weighted by molar-refractivity contribution is 6.30. The quantitative estimate of drug-likeness (QED) is 0.415. The van der Waals surface area contributed by atoms with Crippen LogP contribution in [0.4, 0.5) is 5.82 Å². The van der Waals surface area contributed by atoms with Crippen molar-refractivity contribution in [3.63, 3.8) is 0 Å². The molecule has 0 spiro atoms. The van der Waals surface area contributed by atoms with Gasteiger partial charge in [0.05, 0.1) is 23.6 Å². The molecule has 0 radical (unpaired) electrons. The molecule has 1 aliphatic rings. The third-order valence-electron chi connectivity index (χ3n) is 6.12. The van der Waals surface area contributed by atoms with Gasteiger partial charge in [-0.15, -0.1) is 0 Å². The molecule has 4 heterocycles. The number of amides is 2. The molecule has 1 aromatic carbocycles. The van der Waals surface area contributed by atoms with Crippen LogP contribution in [0.5, 0.6) is 0 Å². The number of benzene rings is 1. The lowest BCUT2D eigenvalue weighted by Crippen LogP contribution is -2.29. The van der Waals surface area contributed by atoms with E-state index in [2.05, 4.69) is 33.2 Å². The van der Waals surface area contributed by atoms with Crippen molar-refractivity contribution in [2.45, 2.75) is 25.8 Å². The number of nitrogens with zero attached hydrogens (tertiary/aromatic N) is 4. The van der Waals surface area contributed by atoms with Gasteiger partial charge in [0.25, 0.3) is 11.8 Å². The molecule has 5 rings (SSSR count). The van der Waals surface area contributed by atoms with Crippen molar-refractivity contribution >= 4 is 34.7 Å². The number of fused-ring (bicyclic) bond motifs is 1. The number of hydrogen-bond donors (Lipinski definition) is 1. The second kappa shape index (κ2) is 9.61. The number of halogens is 1. The molecule has 1 unspecified atom stereocenters. The van der Waals surface area contributed by atoms with Crippen molar-refractivity contribution in [3.8, 4) is 23.1 Å². The van der Waals surface area contributed by atoms with Gasteiger partial charge in [-0.05, 0) is 67.6 Å². The average Bonchev–Trinajstić information content (AvgIpc) is 3.49. The van der Waals surface area contributed by atoms with E-state index in [1.54, 1.807) is 43.7 Å². The summed E-state index contributed by atoms with van der Waals surface area (Å²) in [6.45, 7) is 2.37. The Morgan fingerprint density at radius 2 is 1.94 bits per heavy atom. The molecular weight excluding hydrogens is 462 g/mol. The number of pyridine rings is 1. The highest BCUT2D eigenvalue weighted by Gasteiger charge is 2.31. The first-order chi connectivity index (χ1) is 17.0. The maximum Gasteiger partial charge on any atom is 0.298 e. The van der Waals surface area contributed by atoms with Crippen molar-refractivity contribution in [2.75, 3.05) is 11.9 Å². The summed E-state index contributed by atoms with van der Waals surface area (Å²) in [5.74, 6) is 5.37. The molecule has 1 aliphatic heterocycles. The summed E-state index contributed by atoms with van der Waals surface area (Å²) in [6.07, 6.45) is 6.89. The minimum atomic E-state index is -0.272. The summed E-state index contributed by atoms with van der Waals surface area (Å²) in [5, 5.41) is 3.26. The number of rotatable bonds is 4. The minimum Gasteiger partial charge on any atom is -0.325 e. The van der Waals surface area contributed by atoms with Gasteiger partial charge in [0.1, 0.15) is 5.82 Å². The molecule has 1 atom stereocenters. The Kier molecular flexibility index (Phi) is 6.21. The minimum absolute atomic E-state index is 0.0373. The maximum absolute atomic E-state index is 12.7. The van der Waals surface area contributed by atoms with Crippen molar-refractivity contribution in [3.05, 3.63) is 83.4 Å². The Morgan fingerprint density at radius 1 is 1.11 bits per heavy atom. The fourth-order valence-electron chi connectivity index (χ4n) is 4.53. The van der Waals surface area contributed by atoms with Gasteiger partial charge in [0.15, 0.2) is 0 Å². The number of nitrogens with one attached hydrogen (secondary N) is 1. The molecule has 174 valence electrons. The van der Waals surface area contributed by atoms with Gasteiger partial charge >= 0.3 is 0 Å². The van der Waals surface area contributed by atoms with E-state index in [1.807, 2.05) is 27.5 Å². The first-order valence-electron chi connectivity index (χ1n) is 11.3. The van der Waals surface area contributed by atoms with Crippen LogP contribution in [0.3, 0.4) is 0 Å². The predicted octanol–water partition coefficient (Wildman–Crippen LogP) is 4.99. The molecule has 1 fully saturated rings. The van der Waals surface area contributed by atoms with E-state index in [-0.39, 0.29) is 17.9 Å². The zero-order valence-corrected chi connectivity index (χ0v) is 19.8. The van der Waals surface area contributed by atoms with Gasteiger partial charge in [-0.3, -0.25) is 9.59 Å². The predicted molar refractivity (Wildman–Crippen MR) is 135 cm³/mol. The van der Waals surface area contributed by atoms with Gasteiger partial charge in [0, 0.05) is 35.1 Å². The summed E-state index contributed by atoms with van der Waals surface area (Å²) in [5.41, 5.74) is 4.44.